The van der Waals surface area contributed by atoms with Gasteiger partial charge in [-0.15, -0.1) is 0 Å². The van der Waals surface area contributed by atoms with Crippen LogP contribution in [0, 0.1) is 11.3 Å². The maximum Gasteiger partial charge on any atom is 0.258 e. The Bertz CT molecular complexity index is 1080. The maximum atomic E-state index is 9.21. The second kappa shape index (κ2) is 9.73. The molecular weight excluding hydrogens is 392 g/mol. The number of likely N-dealkylation sites (N-methyl/N-ethyl adjacent to an activating group) is 1. The lowest BCUT2D eigenvalue weighted by molar-refractivity contribution is 0.0821. The van der Waals surface area contributed by atoms with Crippen LogP contribution in [0.25, 0.3) is 22.8 Å². The fourth-order valence-electron chi connectivity index (χ4n) is 3.64. The fourth-order valence-corrected chi connectivity index (χ4v) is 3.64. The van der Waals surface area contributed by atoms with E-state index in [0.29, 0.717) is 35.1 Å². The molecular formula is C24H28N4O3. The molecule has 0 saturated carbocycles. The molecule has 162 valence electrons. The van der Waals surface area contributed by atoms with E-state index in [9.17, 15) is 5.26 Å². The van der Waals surface area contributed by atoms with Crippen LogP contribution in [0.15, 0.2) is 40.9 Å². The molecule has 7 heteroatoms. The van der Waals surface area contributed by atoms with Crippen LogP contribution in [0.3, 0.4) is 0 Å². The van der Waals surface area contributed by atoms with Crippen molar-refractivity contribution in [1.29, 1.82) is 5.26 Å². The van der Waals surface area contributed by atoms with Crippen molar-refractivity contribution in [3.8, 4) is 34.7 Å². The van der Waals surface area contributed by atoms with E-state index < -0.39 is 5.60 Å². The number of methoxy groups -OCH3 is 1. The van der Waals surface area contributed by atoms with Crippen molar-refractivity contribution < 1.29 is 14.4 Å². The van der Waals surface area contributed by atoms with Gasteiger partial charge in [-0.1, -0.05) is 23.4 Å². The molecule has 0 fully saturated rings. The Balaban J connectivity index is 0.000000339. The van der Waals surface area contributed by atoms with Gasteiger partial charge in [0.25, 0.3) is 5.89 Å². The zero-order valence-corrected chi connectivity index (χ0v) is 18.4. The number of hydrogen-bond donors (Lipinski definition) is 2. The van der Waals surface area contributed by atoms with Gasteiger partial charge in [0.2, 0.25) is 5.82 Å². The molecule has 0 saturated heterocycles. The number of ether oxygens (including phenoxy) is 1. The highest BCUT2D eigenvalue weighted by Gasteiger charge is 2.19. The highest BCUT2D eigenvalue weighted by molar-refractivity contribution is 5.66. The topological polar surface area (TPSA) is 104 Å². The van der Waals surface area contributed by atoms with E-state index in [-0.39, 0.29) is 0 Å². The highest BCUT2D eigenvalue weighted by Crippen LogP contribution is 2.32. The minimum absolute atomic E-state index is 0.403. The van der Waals surface area contributed by atoms with Gasteiger partial charge in [-0.2, -0.15) is 10.2 Å². The molecule has 0 amide bonds. The number of aryl methyl sites for hydroxylation is 1. The van der Waals surface area contributed by atoms with Crippen LogP contribution >= 0.6 is 0 Å². The maximum absolute atomic E-state index is 9.21. The number of nitrogens with zero attached hydrogens (tertiary/aromatic N) is 3. The minimum atomic E-state index is -0.561. The second-order valence-corrected chi connectivity index (χ2v) is 8.09. The Morgan fingerprint density at radius 2 is 2.06 bits per heavy atom. The van der Waals surface area contributed by atoms with E-state index >= 15 is 0 Å². The van der Waals surface area contributed by atoms with Crippen LogP contribution in [0.4, 0.5) is 0 Å². The monoisotopic (exact) mass is 420 g/mol. The van der Waals surface area contributed by atoms with Crippen molar-refractivity contribution in [2.75, 3.05) is 20.7 Å². The van der Waals surface area contributed by atoms with Gasteiger partial charge in [0.15, 0.2) is 0 Å². The number of benzene rings is 2. The van der Waals surface area contributed by atoms with Crippen LogP contribution in [-0.4, -0.2) is 41.6 Å². The molecule has 2 aromatic carbocycles. The summed E-state index contributed by atoms with van der Waals surface area (Å²) in [4.78, 5) is 4.53. The Labute approximate surface area is 182 Å². The van der Waals surface area contributed by atoms with Crippen LogP contribution < -0.4 is 10.1 Å². The van der Waals surface area contributed by atoms with Crippen molar-refractivity contribution in [2.45, 2.75) is 38.7 Å². The lowest BCUT2D eigenvalue weighted by atomic mass is 10.0. The third-order valence-corrected chi connectivity index (χ3v) is 4.99. The van der Waals surface area contributed by atoms with Gasteiger partial charge in [0.05, 0.1) is 18.3 Å². The molecule has 1 aliphatic carbocycles. The molecule has 2 N–H and O–H groups in total. The number of nitrogens with one attached hydrogen (secondary N) is 1. The highest BCUT2D eigenvalue weighted by atomic mass is 16.5. The number of aromatic nitrogens is 2. The predicted molar refractivity (Wildman–Crippen MR) is 119 cm³/mol. The summed E-state index contributed by atoms with van der Waals surface area (Å²) >= 11 is 0. The third-order valence-electron chi connectivity index (χ3n) is 4.99. The van der Waals surface area contributed by atoms with Gasteiger partial charge in [-0.05, 0) is 69.5 Å². The Morgan fingerprint density at radius 3 is 2.71 bits per heavy atom. The first-order valence-corrected chi connectivity index (χ1v) is 10.3. The van der Waals surface area contributed by atoms with Gasteiger partial charge in [0.1, 0.15) is 11.8 Å². The zero-order chi connectivity index (χ0) is 22.4. The van der Waals surface area contributed by atoms with E-state index in [1.807, 2.05) is 25.2 Å². The SMILES string of the molecule is CNCC(C)(C)O.COc1ccc(-c2nc(-c3cccc4c3CCC4)no2)cc1C#N. The van der Waals surface area contributed by atoms with Crippen molar-refractivity contribution >= 4 is 0 Å². The summed E-state index contributed by atoms with van der Waals surface area (Å²) in [6, 6.07) is 13.6. The van der Waals surface area contributed by atoms with E-state index in [2.05, 4.69) is 27.6 Å². The Morgan fingerprint density at radius 1 is 1.26 bits per heavy atom. The molecule has 1 heterocycles. The smallest absolute Gasteiger partial charge is 0.258 e. The Kier molecular flexibility index (Phi) is 7.06. The molecule has 0 unspecified atom stereocenters. The fraction of sp³-hybridized carbons (Fsp3) is 0.375. The van der Waals surface area contributed by atoms with E-state index in [1.54, 1.807) is 26.0 Å². The molecule has 1 aromatic heterocycles. The Hall–Kier alpha value is -3.21. The number of aliphatic hydroxyl groups is 1. The number of hydrogen-bond acceptors (Lipinski definition) is 7. The zero-order valence-electron chi connectivity index (χ0n) is 18.4. The van der Waals surface area contributed by atoms with Crippen molar-refractivity contribution in [3.05, 3.63) is 53.1 Å². The summed E-state index contributed by atoms with van der Waals surface area (Å²) in [5, 5.41) is 25.2. The average molecular weight is 421 g/mol. The van der Waals surface area contributed by atoms with E-state index in [4.69, 9.17) is 14.4 Å². The largest absolute Gasteiger partial charge is 0.495 e. The summed E-state index contributed by atoms with van der Waals surface area (Å²) in [6.45, 7) is 4.18. The van der Waals surface area contributed by atoms with Gasteiger partial charge in [0, 0.05) is 17.7 Å². The molecule has 31 heavy (non-hydrogen) atoms. The molecule has 0 atom stereocenters. The summed E-state index contributed by atoms with van der Waals surface area (Å²) in [6.07, 6.45) is 3.33. The van der Waals surface area contributed by atoms with Crippen LogP contribution in [0.5, 0.6) is 5.75 Å². The van der Waals surface area contributed by atoms with Crippen molar-refractivity contribution in [3.63, 3.8) is 0 Å². The first-order chi connectivity index (χ1) is 14.9. The summed E-state index contributed by atoms with van der Waals surface area (Å²) in [7, 11) is 3.36. The lowest BCUT2D eigenvalue weighted by Crippen LogP contribution is -2.32. The lowest BCUT2D eigenvalue weighted by Gasteiger charge is -2.14. The second-order valence-electron chi connectivity index (χ2n) is 8.09. The normalized spacial score (nSPS) is 12.5. The first-order valence-electron chi connectivity index (χ1n) is 10.3. The van der Waals surface area contributed by atoms with E-state index in [1.165, 1.54) is 24.7 Å². The van der Waals surface area contributed by atoms with Gasteiger partial charge >= 0.3 is 0 Å². The minimum Gasteiger partial charge on any atom is -0.495 e. The standard InChI is InChI=1S/C19H15N3O2.C5H13NO/c1-23-17-9-8-13(10-14(17)11-20)19-21-18(22-24-19)16-7-3-5-12-4-2-6-15(12)16;1-5(2,7)4-6-3/h3,5,7-10H,2,4,6H2,1H3;6-7H,4H2,1-3H3. The molecule has 4 rings (SSSR count). The molecule has 0 bridgehead atoms. The average Bonchev–Trinajstić information content (AvgIpc) is 3.42. The van der Waals surface area contributed by atoms with Crippen LogP contribution in [-0.2, 0) is 12.8 Å². The molecule has 1 aliphatic rings. The predicted octanol–water partition coefficient (Wildman–Crippen LogP) is 3.75. The number of fused-ring (bicyclic) bond motifs is 1. The summed E-state index contributed by atoms with van der Waals surface area (Å²) in [5.74, 6) is 1.53. The van der Waals surface area contributed by atoms with Crippen molar-refractivity contribution in [1.82, 2.24) is 15.5 Å². The van der Waals surface area contributed by atoms with Crippen LogP contribution in [0.1, 0.15) is 37.0 Å². The summed E-state index contributed by atoms with van der Waals surface area (Å²) < 4.78 is 10.6. The third kappa shape index (κ3) is 5.48. The van der Waals surface area contributed by atoms with E-state index in [0.717, 1.165) is 18.4 Å². The summed E-state index contributed by atoms with van der Waals surface area (Å²) in [5.41, 5.74) is 4.31. The molecule has 7 nitrogen and oxygen atoms in total. The molecule has 0 radical (unpaired) electrons. The number of nitriles is 1. The molecule has 0 aliphatic heterocycles. The first kappa shape index (κ1) is 22.5. The number of rotatable bonds is 5. The molecule has 3 aromatic rings. The quantitative estimate of drug-likeness (QED) is 0.648. The van der Waals surface area contributed by atoms with Crippen LogP contribution in [0.2, 0.25) is 0 Å². The molecule has 0 spiro atoms. The van der Waals surface area contributed by atoms with Gasteiger partial charge in [-0.25, -0.2) is 0 Å². The van der Waals surface area contributed by atoms with Crippen molar-refractivity contribution in [2.24, 2.45) is 0 Å². The van der Waals surface area contributed by atoms with Gasteiger partial charge in [-0.3, -0.25) is 0 Å². The van der Waals surface area contributed by atoms with Gasteiger partial charge < -0.3 is 19.7 Å².